The van der Waals surface area contributed by atoms with Gasteiger partial charge in [0.1, 0.15) is 0 Å². The summed E-state index contributed by atoms with van der Waals surface area (Å²) in [5.41, 5.74) is 3.65. The van der Waals surface area contributed by atoms with E-state index in [0.717, 1.165) is 12.8 Å². The van der Waals surface area contributed by atoms with Crippen molar-refractivity contribution in [3.05, 3.63) is 59.7 Å². The molecule has 0 unspecified atom stereocenters. The molecule has 3 N–H and O–H groups in total. The van der Waals surface area contributed by atoms with Crippen LogP contribution in [0.4, 0.5) is 11.4 Å². The molecule has 0 spiro atoms. The van der Waals surface area contributed by atoms with Gasteiger partial charge >= 0.3 is 5.97 Å². The van der Waals surface area contributed by atoms with Crippen molar-refractivity contribution in [3.63, 3.8) is 0 Å². The van der Waals surface area contributed by atoms with Crippen LogP contribution in [0.15, 0.2) is 48.5 Å². The molecule has 0 saturated carbocycles. The molecule has 6 heteroatoms. The molecular formula is C21H24N2O4. The van der Waals surface area contributed by atoms with Gasteiger partial charge in [0.05, 0.1) is 6.42 Å². The van der Waals surface area contributed by atoms with Gasteiger partial charge in [-0.3, -0.25) is 14.4 Å². The maximum atomic E-state index is 12.0. The monoisotopic (exact) mass is 368 g/mol. The van der Waals surface area contributed by atoms with E-state index in [4.69, 9.17) is 5.11 Å². The molecule has 0 heterocycles. The molecule has 0 aliphatic carbocycles. The summed E-state index contributed by atoms with van der Waals surface area (Å²) in [5, 5.41) is 14.0. The highest BCUT2D eigenvalue weighted by Gasteiger charge is 2.07. The lowest BCUT2D eigenvalue weighted by Gasteiger charge is -2.08. The fraction of sp³-hybridized carbons (Fsp3) is 0.286. The van der Waals surface area contributed by atoms with Gasteiger partial charge < -0.3 is 15.7 Å². The van der Waals surface area contributed by atoms with Gasteiger partial charge in [0.2, 0.25) is 11.8 Å². The normalized spacial score (nSPS) is 10.3. The number of carbonyl (C=O) groups is 3. The molecule has 0 fully saturated rings. The van der Waals surface area contributed by atoms with E-state index < -0.39 is 5.97 Å². The van der Waals surface area contributed by atoms with E-state index in [1.165, 1.54) is 11.1 Å². The highest BCUT2D eigenvalue weighted by atomic mass is 16.4. The maximum Gasteiger partial charge on any atom is 0.303 e. The molecule has 2 aromatic carbocycles. The standard InChI is InChI=1S/C21H24N2O4/c1-15-5-7-16(8-6-15)3-2-4-19(24)22-17-9-11-18(12-10-17)23-20(25)13-14-21(26)27/h5-12H,2-4,13-14H2,1H3,(H,22,24)(H,23,25)(H,26,27). The third-order valence-electron chi connectivity index (χ3n) is 4.01. The van der Waals surface area contributed by atoms with Crippen molar-refractivity contribution in [2.45, 2.75) is 39.0 Å². The number of hydrogen-bond acceptors (Lipinski definition) is 3. The Morgan fingerprint density at radius 2 is 1.30 bits per heavy atom. The minimum absolute atomic E-state index is 0.0552. The van der Waals surface area contributed by atoms with Gasteiger partial charge in [0.25, 0.3) is 0 Å². The van der Waals surface area contributed by atoms with E-state index in [9.17, 15) is 14.4 Å². The average Bonchev–Trinajstić information content (AvgIpc) is 2.63. The van der Waals surface area contributed by atoms with Crippen molar-refractivity contribution in [1.29, 1.82) is 0 Å². The third-order valence-corrected chi connectivity index (χ3v) is 4.01. The molecule has 2 rings (SSSR count). The lowest BCUT2D eigenvalue weighted by molar-refractivity contribution is -0.138. The van der Waals surface area contributed by atoms with E-state index in [0.29, 0.717) is 17.8 Å². The number of nitrogens with one attached hydrogen (secondary N) is 2. The van der Waals surface area contributed by atoms with Crippen molar-refractivity contribution in [2.24, 2.45) is 0 Å². The zero-order valence-corrected chi connectivity index (χ0v) is 15.3. The Kier molecular flexibility index (Phi) is 7.55. The Labute approximate surface area is 158 Å². The molecule has 0 bridgehead atoms. The first kappa shape index (κ1) is 20.2. The Morgan fingerprint density at radius 1 is 0.778 bits per heavy atom. The van der Waals surface area contributed by atoms with Gasteiger partial charge in [0, 0.05) is 24.2 Å². The largest absolute Gasteiger partial charge is 0.481 e. The van der Waals surface area contributed by atoms with Gasteiger partial charge in [-0.15, -0.1) is 0 Å². The maximum absolute atomic E-state index is 12.0. The summed E-state index contributed by atoms with van der Waals surface area (Å²) >= 11 is 0. The second kappa shape index (κ2) is 10.1. The van der Waals surface area contributed by atoms with Gasteiger partial charge in [-0.2, -0.15) is 0 Å². The quantitative estimate of drug-likeness (QED) is 0.628. The van der Waals surface area contributed by atoms with Crippen LogP contribution in [-0.2, 0) is 20.8 Å². The molecule has 2 amide bonds. The van der Waals surface area contributed by atoms with Gasteiger partial charge in [-0.05, 0) is 49.6 Å². The van der Waals surface area contributed by atoms with Gasteiger partial charge in [-0.1, -0.05) is 29.8 Å². The summed E-state index contributed by atoms with van der Waals surface area (Å²) < 4.78 is 0. The fourth-order valence-corrected chi connectivity index (χ4v) is 2.51. The first-order valence-corrected chi connectivity index (χ1v) is 8.89. The van der Waals surface area contributed by atoms with Gasteiger partial charge in [0.15, 0.2) is 0 Å². The molecular weight excluding hydrogens is 344 g/mol. The second-order valence-electron chi connectivity index (χ2n) is 6.41. The van der Waals surface area contributed by atoms with Crippen molar-refractivity contribution < 1.29 is 19.5 Å². The molecule has 0 radical (unpaired) electrons. The van der Waals surface area contributed by atoms with Crippen molar-refractivity contribution >= 4 is 29.2 Å². The first-order chi connectivity index (χ1) is 12.9. The summed E-state index contributed by atoms with van der Waals surface area (Å²) in [5.74, 6) is -1.42. The predicted molar refractivity (Wildman–Crippen MR) is 105 cm³/mol. The van der Waals surface area contributed by atoms with Gasteiger partial charge in [-0.25, -0.2) is 0 Å². The fourth-order valence-electron chi connectivity index (χ4n) is 2.51. The summed E-state index contributed by atoms with van der Waals surface area (Å²) in [6.07, 6.45) is 1.78. The second-order valence-corrected chi connectivity index (χ2v) is 6.41. The minimum Gasteiger partial charge on any atom is -0.481 e. The van der Waals surface area contributed by atoms with Crippen LogP contribution in [0.3, 0.4) is 0 Å². The summed E-state index contributed by atoms with van der Waals surface area (Å²) in [6, 6.07) is 15.0. The van der Waals surface area contributed by atoms with Crippen LogP contribution in [0.1, 0.15) is 36.8 Å². The van der Waals surface area contributed by atoms with Crippen LogP contribution >= 0.6 is 0 Å². The minimum atomic E-state index is -1.01. The number of aliphatic carboxylic acids is 1. The first-order valence-electron chi connectivity index (χ1n) is 8.89. The van der Waals surface area contributed by atoms with Crippen molar-refractivity contribution in [3.8, 4) is 0 Å². The highest BCUT2D eigenvalue weighted by molar-refractivity contribution is 5.93. The Hall–Kier alpha value is -3.15. The Balaban J connectivity index is 1.73. The van der Waals surface area contributed by atoms with E-state index in [1.54, 1.807) is 24.3 Å². The lowest BCUT2D eigenvalue weighted by Crippen LogP contribution is -2.14. The molecule has 27 heavy (non-hydrogen) atoms. The number of anilines is 2. The number of carboxylic acid groups (broad SMARTS) is 1. The van der Waals surface area contributed by atoms with Crippen LogP contribution in [0, 0.1) is 6.92 Å². The smallest absolute Gasteiger partial charge is 0.303 e. The molecule has 6 nitrogen and oxygen atoms in total. The van der Waals surface area contributed by atoms with Crippen LogP contribution in [-0.4, -0.2) is 22.9 Å². The number of hydrogen-bond donors (Lipinski definition) is 3. The van der Waals surface area contributed by atoms with Crippen LogP contribution in [0.5, 0.6) is 0 Å². The topological polar surface area (TPSA) is 95.5 Å². The van der Waals surface area contributed by atoms with Crippen LogP contribution in [0.25, 0.3) is 0 Å². The number of benzene rings is 2. The van der Waals surface area contributed by atoms with E-state index in [1.807, 2.05) is 6.92 Å². The van der Waals surface area contributed by atoms with E-state index >= 15 is 0 Å². The summed E-state index contributed by atoms with van der Waals surface area (Å²) in [4.78, 5) is 34.1. The Bertz CT molecular complexity index is 783. The van der Waals surface area contributed by atoms with E-state index in [-0.39, 0.29) is 24.7 Å². The number of carboxylic acids is 1. The number of carbonyl (C=O) groups excluding carboxylic acids is 2. The van der Waals surface area contributed by atoms with E-state index in [2.05, 4.69) is 34.9 Å². The molecule has 0 aromatic heterocycles. The highest BCUT2D eigenvalue weighted by Crippen LogP contribution is 2.15. The molecule has 0 aliphatic heterocycles. The third kappa shape index (κ3) is 7.73. The molecule has 0 atom stereocenters. The lowest BCUT2D eigenvalue weighted by atomic mass is 10.1. The molecule has 0 aliphatic rings. The van der Waals surface area contributed by atoms with Crippen LogP contribution in [0.2, 0.25) is 0 Å². The average molecular weight is 368 g/mol. The number of rotatable bonds is 9. The molecule has 2 aromatic rings. The number of amides is 2. The zero-order valence-electron chi connectivity index (χ0n) is 15.3. The van der Waals surface area contributed by atoms with Crippen molar-refractivity contribution in [1.82, 2.24) is 0 Å². The molecule has 142 valence electrons. The number of aryl methyl sites for hydroxylation is 2. The SMILES string of the molecule is Cc1ccc(CCCC(=O)Nc2ccc(NC(=O)CCC(=O)O)cc2)cc1. The van der Waals surface area contributed by atoms with Crippen molar-refractivity contribution in [2.75, 3.05) is 10.6 Å². The predicted octanol–water partition coefficient (Wildman–Crippen LogP) is 3.76. The Morgan fingerprint density at radius 3 is 1.81 bits per heavy atom. The summed E-state index contributed by atoms with van der Waals surface area (Å²) in [7, 11) is 0. The van der Waals surface area contributed by atoms with Crippen LogP contribution < -0.4 is 10.6 Å². The zero-order chi connectivity index (χ0) is 19.6. The summed E-state index contributed by atoms with van der Waals surface area (Å²) in [6.45, 7) is 2.05. The molecule has 0 saturated heterocycles.